The van der Waals surface area contributed by atoms with Gasteiger partial charge in [0.25, 0.3) is 0 Å². The summed E-state index contributed by atoms with van der Waals surface area (Å²) >= 11 is 2.03. The van der Waals surface area contributed by atoms with Gasteiger partial charge in [0.05, 0.1) is 0 Å². The standard InChI is InChI=1S/C17H27NS/c1-4-14(5-2)11-18(6-3)12-15-13-19-17-10-8-7-9-16(15)17/h7-10,14-15H,4-6,11-13H2,1-3H3. The van der Waals surface area contributed by atoms with Crippen molar-refractivity contribution in [3.8, 4) is 0 Å². The van der Waals surface area contributed by atoms with Crippen LogP contribution >= 0.6 is 11.8 Å². The summed E-state index contributed by atoms with van der Waals surface area (Å²) in [5.41, 5.74) is 1.58. The van der Waals surface area contributed by atoms with E-state index in [0.717, 1.165) is 11.8 Å². The predicted molar refractivity (Wildman–Crippen MR) is 86.1 cm³/mol. The predicted octanol–water partition coefficient (Wildman–Crippen LogP) is 4.63. The zero-order valence-electron chi connectivity index (χ0n) is 12.6. The largest absolute Gasteiger partial charge is 0.303 e. The van der Waals surface area contributed by atoms with E-state index in [0.29, 0.717) is 0 Å². The molecule has 2 rings (SSSR count). The molecule has 19 heavy (non-hydrogen) atoms. The van der Waals surface area contributed by atoms with Crippen molar-refractivity contribution in [3.05, 3.63) is 29.8 Å². The lowest BCUT2D eigenvalue weighted by molar-refractivity contribution is 0.225. The molecule has 1 aliphatic rings. The van der Waals surface area contributed by atoms with Gasteiger partial charge in [0.15, 0.2) is 0 Å². The van der Waals surface area contributed by atoms with Crippen LogP contribution in [0.1, 0.15) is 45.1 Å². The summed E-state index contributed by atoms with van der Waals surface area (Å²) in [6.45, 7) is 10.6. The molecule has 0 aliphatic carbocycles. The van der Waals surface area contributed by atoms with Crippen LogP contribution in [-0.4, -0.2) is 30.3 Å². The average Bonchev–Trinajstić information content (AvgIpc) is 2.86. The lowest BCUT2D eigenvalue weighted by Crippen LogP contribution is -2.33. The van der Waals surface area contributed by atoms with Crippen molar-refractivity contribution >= 4 is 11.8 Å². The van der Waals surface area contributed by atoms with Gasteiger partial charge in [0, 0.05) is 29.7 Å². The van der Waals surface area contributed by atoms with Crippen LogP contribution in [0.25, 0.3) is 0 Å². The molecule has 1 atom stereocenters. The van der Waals surface area contributed by atoms with E-state index in [1.54, 1.807) is 5.56 Å². The van der Waals surface area contributed by atoms with E-state index in [-0.39, 0.29) is 0 Å². The monoisotopic (exact) mass is 277 g/mol. The highest BCUT2D eigenvalue weighted by Gasteiger charge is 2.24. The molecule has 1 aromatic rings. The van der Waals surface area contributed by atoms with Crippen molar-refractivity contribution in [2.24, 2.45) is 5.92 Å². The Balaban J connectivity index is 1.96. The Labute approximate surface area is 122 Å². The van der Waals surface area contributed by atoms with Gasteiger partial charge in [0.1, 0.15) is 0 Å². The Morgan fingerprint density at radius 1 is 1.21 bits per heavy atom. The highest BCUT2D eigenvalue weighted by molar-refractivity contribution is 7.99. The summed E-state index contributed by atoms with van der Waals surface area (Å²) in [6, 6.07) is 8.95. The summed E-state index contributed by atoms with van der Waals surface area (Å²) in [6.07, 6.45) is 2.62. The summed E-state index contributed by atoms with van der Waals surface area (Å²) in [5.74, 6) is 2.86. The van der Waals surface area contributed by atoms with Crippen LogP contribution in [0.5, 0.6) is 0 Å². The molecular formula is C17H27NS. The van der Waals surface area contributed by atoms with E-state index in [9.17, 15) is 0 Å². The molecule has 2 heteroatoms. The molecule has 1 unspecified atom stereocenters. The maximum absolute atomic E-state index is 2.66. The fourth-order valence-corrected chi connectivity index (χ4v) is 4.18. The van der Waals surface area contributed by atoms with Crippen molar-refractivity contribution in [3.63, 3.8) is 0 Å². The number of nitrogens with zero attached hydrogens (tertiary/aromatic N) is 1. The maximum Gasteiger partial charge on any atom is 0.0108 e. The van der Waals surface area contributed by atoms with Crippen LogP contribution < -0.4 is 0 Å². The molecule has 0 spiro atoms. The van der Waals surface area contributed by atoms with Crippen molar-refractivity contribution in [1.82, 2.24) is 4.90 Å². The molecule has 1 aromatic carbocycles. The van der Waals surface area contributed by atoms with Crippen molar-refractivity contribution in [1.29, 1.82) is 0 Å². The fourth-order valence-electron chi connectivity index (χ4n) is 2.94. The van der Waals surface area contributed by atoms with Gasteiger partial charge in [0.2, 0.25) is 0 Å². The van der Waals surface area contributed by atoms with E-state index < -0.39 is 0 Å². The van der Waals surface area contributed by atoms with E-state index in [2.05, 4.69) is 49.9 Å². The van der Waals surface area contributed by atoms with Crippen molar-refractivity contribution < 1.29 is 0 Å². The molecule has 0 amide bonds. The zero-order valence-corrected chi connectivity index (χ0v) is 13.4. The minimum absolute atomic E-state index is 0.732. The first kappa shape index (κ1) is 14.9. The Kier molecular flexibility index (Phi) is 5.77. The van der Waals surface area contributed by atoms with Crippen molar-refractivity contribution in [2.75, 3.05) is 25.4 Å². The van der Waals surface area contributed by atoms with E-state index in [1.165, 1.54) is 43.1 Å². The Morgan fingerprint density at radius 3 is 2.63 bits per heavy atom. The number of hydrogen-bond acceptors (Lipinski definition) is 2. The first-order valence-electron chi connectivity index (χ1n) is 7.72. The Hall–Kier alpha value is -0.470. The second-order valence-corrected chi connectivity index (χ2v) is 6.64. The van der Waals surface area contributed by atoms with Gasteiger partial charge in [-0.05, 0) is 24.1 Å². The molecule has 1 heterocycles. The normalized spacial score (nSPS) is 18.3. The van der Waals surface area contributed by atoms with Crippen LogP contribution in [0.4, 0.5) is 0 Å². The van der Waals surface area contributed by atoms with E-state index in [1.807, 2.05) is 11.8 Å². The van der Waals surface area contributed by atoms with E-state index in [4.69, 9.17) is 0 Å². The highest BCUT2D eigenvalue weighted by Crippen LogP contribution is 2.39. The second-order valence-electron chi connectivity index (χ2n) is 5.58. The zero-order chi connectivity index (χ0) is 13.7. The smallest absolute Gasteiger partial charge is 0.0108 e. The summed E-state index contributed by atoms with van der Waals surface area (Å²) < 4.78 is 0. The van der Waals surface area contributed by atoms with Gasteiger partial charge >= 0.3 is 0 Å². The number of hydrogen-bond donors (Lipinski definition) is 0. The quantitative estimate of drug-likeness (QED) is 0.714. The molecule has 0 aromatic heterocycles. The number of fused-ring (bicyclic) bond motifs is 1. The number of thioether (sulfide) groups is 1. The molecule has 0 radical (unpaired) electrons. The summed E-state index contributed by atoms with van der Waals surface area (Å²) in [4.78, 5) is 4.16. The van der Waals surface area contributed by atoms with Gasteiger partial charge in [-0.1, -0.05) is 51.8 Å². The second kappa shape index (κ2) is 7.35. The summed E-state index contributed by atoms with van der Waals surface area (Å²) in [7, 11) is 0. The van der Waals surface area contributed by atoms with Gasteiger partial charge in [-0.15, -0.1) is 11.8 Å². The molecule has 1 nitrogen and oxygen atoms in total. The lowest BCUT2D eigenvalue weighted by atomic mass is 9.98. The Morgan fingerprint density at radius 2 is 1.95 bits per heavy atom. The first-order chi connectivity index (χ1) is 9.28. The average molecular weight is 277 g/mol. The topological polar surface area (TPSA) is 3.24 Å². The number of likely N-dealkylation sites (N-methyl/N-ethyl adjacent to an activating group) is 1. The van der Waals surface area contributed by atoms with Gasteiger partial charge in [-0.3, -0.25) is 0 Å². The molecule has 1 aliphatic heterocycles. The van der Waals surface area contributed by atoms with Crippen molar-refractivity contribution in [2.45, 2.75) is 44.4 Å². The maximum atomic E-state index is 2.66. The Bertz CT molecular complexity index is 387. The van der Waals surface area contributed by atoms with Gasteiger partial charge in [-0.25, -0.2) is 0 Å². The SMILES string of the molecule is CCC(CC)CN(CC)CC1CSc2ccccc21. The van der Waals surface area contributed by atoms with Crippen LogP contribution in [0.3, 0.4) is 0 Å². The van der Waals surface area contributed by atoms with Gasteiger partial charge in [-0.2, -0.15) is 0 Å². The molecule has 0 bridgehead atoms. The fraction of sp³-hybridized carbons (Fsp3) is 0.647. The molecule has 0 N–H and O–H groups in total. The molecule has 0 saturated carbocycles. The third kappa shape index (κ3) is 3.76. The van der Waals surface area contributed by atoms with Crippen LogP contribution in [0.2, 0.25) is 0 Å². The lowest BCUT2D eigenvalue weighted by Gasteiger charge is -2.28. The molecule has 106 valence electrons. The minimum atomic E-state index is 0.732. The minimum Gasteiger partial charge on any atom is -0.303 e. The number of benzene rings is 1. The third-order valence-corrected chi connectivity index (χ3v) is 5.65. The third-order valence-electron chi connectivity index (χ3n) is 4.40. The highest BCUT2D eigenvalue weighted by atomic mass is 32.2. The molecule has 0 fully saturated rings. The number of rotatable bonds is 7. The molecule has 0 saturated heterocycles. The van der Waals surface area contributed by atoms with Crippen LogP contribution in [0, 0.1) is 5.92 Å². The van der Waals surface area contributed by atoms with E-state index >= 15 is 0 Å². The van der Waals surface area contributed by atoms with Gasteiger partial charge < -0.3 is 4.90 Å². The summed E-state index contributed by atoms with van der Waals surface area (Å²) in [5, 5.41) is 0. The van der Waals surface area contributed by atoms with Crippen LogP contribution in [0.15, 0.2) is 29.2 Å². The molecular weight excluding hydrogens is 250 g/mol. The first-order valence-corrected chi connectivity index (χ1v) is 8.71. The van der Waals surface area contributed by atoms with Crippen LogP contribution in [-0.2, 0) is 0 Å².